The Morgan fingerprint density at radius 3 is 2.14 bits per heavy atom. The van der Waals surface area contributed by atoms with Gasteiger partial charge in [0.05, 0.1) is 11.6 Å². The number of carbonyl (C=O) groups excluding carboxylic acids is 2. The van der Waals surface area contributed by atoms with Gasteiger partial charge in [-0.25, -0.2) is 9.97 Å². The predicted octanol–water partition coefficient (Wildman–Crippen LogP) is 1.88. The summed E-state index contributed by atoms with van der Waals surface area (Å²) < 4.78 is 0. The number of rotatable bonds is 4. The van der Waals surface area contributed by atoms with E-state index in [9.17, 15) is 14.7 Å². The summed E-state index contributed by atoms with van der Waals surface area (Å²) in [6, 6.07) is 10.1. The number of aryl methyl sites for hydroxylation is 2. The molecule has 1 saturated heterocycles. The van der Waals surface area contributed by atoms with Crippen LogP contribution in [0.3, 0.4) is 0 Å². The molecular formula is C21H26N4O3. The molecule has 7 nitrogen and oxygen atoms in total. The molecule has 2 aromatic heterocycles. The van der Waals surface area contributed by atoms with Gasteiger partial charge in [-0.3, -0.25) is 9.59 Å². The summed E-state index contributed by atoms with van der Waals surface area (Å²) in [5.41, 5.74) is 1.22. The van der Waals surface area contributed by atoms with Gasteiger partial charge in [0.15, 0.2) is 0 Å². The van der Waals surface area contributed by atoms with Crippen LogP contribution in [0, 0.1) is 13.8 Å². The molecule has 1 unspecified atom stereocenters. The molecule has 148 valence electrons. The van der Waals surface area contributed by atoms with Crippen molar-refractivity contribution in [2.24, 2.45) is 0 Å². The van der Waals surface area contributed by atoms with Crippen molar-refractivity contribution in [2.75, 3.05) is 13.1 Å². The predicted molar refractivity (Wildman–Crippen MR) is 105 cm³/mol. The molecular weight excluding hydrogens is 356 g/mol. The maximum absolute atomic E-state index is 12.6. The minimum Gasteiger partial charge on any atom is -0.388 e. The van der Waals surface area contributed by atoms with E-state index in [4.69, 9.17) is 0 Å². The van der Waals surface area contributed by atoms with Gasteiger partial charge in [-0.1, -0.05) is 12.1 Å². The normalized spacial score (nSPS) is 17.1. The number of likely N-dealkylation sites (tertiary alicyclic amines) is 1. The first kappa shape index (κ1) is 19.9. The lowest BCUT2D eigenvalue weighted by atomic mass is 9.85. The summed E-state index contributed by atoms with van der Waals surface area (Å²) in [5, 5.41) is 13.9. The van der Waals surface area contributed by atoms with Gasteiger partial charge in [0.25, 0.3) is 11.8 Å². The largest absolute Gasteiger partial charge is 0.388 e. The first-order chi connectivity index (χ1) is 13.3. The van der Waals surface area contributed by atoms with Crippen LogP contribution in [-0.4, -0.2) is 56.5 Å². The standard InChI is InChI=1S/C21H26N4O3/c1-14-6-4-8-17(22-14)19(26)24-16(3)21(28)10-12-25(13-11-21)20(27)18-9-5-7-15(2)23-18/h4-9,16,28H,10-13H2,1-3H3,(H,24,26). The highest BCUT2D eigenvalue weighted by atomic mass is 16.3. The van der Waals surface area contributed by atoms with E-state index in [2.05, 4.69) is 15.3 Å². The number of amides is 2. The fraction of sp³-hybridized carbons (Fsp3) is 0.429. The first-order valence-electron chi connectivity index (χ1n) is 9.48. The van der Waals surface area contributed by atoms with Gasteiger partial charge in [0.2, 0.25) is 0 Å². The minimum absolute atomic E-state index is 0.133. The third-order valence-electron chi connectivity index (χ3n) is 5.30. The molecule has 0 saturated carbocycles. The zero-order valence-corrected chi connectivity index (χ0v) is 16.5. The highest BCUT2D eigenvalue weighted by Gasteiger charge is 2.39. The summed E-state index contributed by atoms with van der Waals surface area (Å²) in [6.07, 6.45) is 0.764. The molecule has 0 bridgehead atoms. The fourth-order valence-electron chi connectivity index (χ4n) is 3.43. The molecule has 2 N–H and O–H groups in total. The Bertz CT molecular complexity index is 875. The van der Waals surface area contributed by atoms with Crippen molar-refractivity contribution in [1.29, 1.82) is 0 Å². The van der Waals surface area contributed by atoms with Crippen LogP contribution in [0.1, 0.15) is 52.1 Å². The van der Waals surface area contributed by atoms with Gasteiger partial charge >= 0.3 is 0 Å². The van der Waals surface area contributed by atoms with Crippen molar-refractivity contribution in [3.63, 3.8) is 0 Å². The van der Waals surface area contributed by atoms with E-state index in [0.29, 0.717) is 37.3 Å². The zero-order valence-electron chi connectivity index (χ0n) is 16.5. The lowest BCUT2D eigenvalue weighted by molar-refractivity contribution is -0.0392. The van der Waals surface area contributed by atoms with Crippen LogP contribution in [0.2, 0.25) is 0 Å². The van der Waals surface area contributed by atoms with Crippen molar-refractivity contribution in [2.45, 2.75) is 45.3 Å². The smallest absolute Gasteiger partial charge is 0.272 e. The van der Waals surface area contributed by atoms with E-state index in [1.807, 2.05) is 32.0 Å². The van der Waals surface area contributed by atoms with Crippen LogP contribution in [-0.2, 0) is 0 Å². The number of hydrogen-bond donors (Lipinski definition) is 2. The van der Waals surface area contributed by atoms with Gasteiger partial charge in [0.1, 0.15) is 11.4 Å². The second-order valence-electron chi connectivity index (χ2n) is 7.42. The molecule has 0 radical (unpaired) electrons. The Hall–Kier alpha value is -2.80. The Morgan fingerprint density at radius 1 is 1.04 bits per heavy atom. The van der Waals surface area contributed by atoms with Crippen molar-refractivity contribution in [3.8, 4) is 0 Å². The van der Waals surface area contributed by atoms with Gasteiger partial charge in [-0.2, -0.15) is 0 Å². The van der Waals surface area contributed by atoms with Gasteiger partial charge in [-0.15, -0.1) is 0 Å². The Morgan fingerprint density at radius 2 is 1.57 bits per heavy atom. The minimum atomic E-state index is -1.07. The SMILES string of the molecule is Cc1cccc(C(=O)NC(C)C2(O)CCN(C(=O)c3cccc(C)n3)CC2)n1. The second kappa shape index (κ2) is 8.06. The quantitative estimate of drug-likeness (QED) is 0.842. The number of aromatic nitrogens is 2. The van der Waals surface area contributed by atoms with Crippen molar-refractivity contribution in [3.05, 3.63) is 59.2 Å². The third-order valence-corrected chi connectivity index (χ3v) is 5.30. The summed E-state index contributed by atoms with van der Waals surface area (Å²) in [6.45, 7) is 6.28. The van der Waals surface area contributed by atoms with E-state index in [1.165, 1.54) is 0 Å². The van der Waals surface area contributed by atoms with Crippen LogP contribution in [0.15, 0.2) is 36.4 Å². The molecule has 1 aliphatic rings. The molecule has 7 heteroatoms. The maximum Gasteiger partial charge on any atom is 0.272 e. The van der Waals surface area contributed by atoms with Crippen molar-refractivity contribution >= 4 is 11.8 Å². The number of aliphatic hydroxyl groups is 1. The van der Waals surface area contributed by atoms with Crippen LogP contribution in [0.5, 0.6) is 0 Å². The molecule has 1 fully saturated rings. The van der Waals surface area contributed by atoms with E-state index in [-0.39, 0.29) is 11.8 Å². The molecule has 0 aromatic carbocycles. The van der Waals surface area contributed by atoms with E-state index in [1.54, 1.807) is 30.0 Å². The monoisotopic (exact) mass is 382 g/mol. The number of hydrogen-bond acceptors (Lipinski definition) is 5. The van der Waals surface area contributed by atoms with E-state index < -0.39 is 11.6 Å². The Kier molecular flexibility index (Phi) is 5.74. The molecule has 0 aliphatic carbocycles. The van der Waals surface area contributed by atoms with Gasteiger partial charge in [0, 0.05) is 24.5 Å². The molecule has 28 heavy (non-hydrogen) atoms. The average molecular weight is 382 g/mol. The van der Waals surface area contributed by atoms with Crippen LogP contribution in [0.4, 0.5) is 0 Å². The highest BCUT2D eigenvalue weighted by Crippen LogP contribution is 2.26. The number of pyridine rings is 2. The Labute approximate surface area is 164 Å². The fourth-order valence-corrected chi connectivity index (χ4v) is 3.43. The summed E-state index contributed by atoms with van der Waals surface area (Å²) in [5.74, 6) is -0.446. The van der Waals surface area contributed by atoms with Crippen LogP contribution >= 0.6 is 0 Å². The summed E-state index contributed by atoms with van der Waals surface area (Å²) in [4.78, 5) is 35.3. The molecule has 1 aliphatic heterocycles. The van der Waals surface area contributed by atoms with E-state index in [0.717, 1.165) is 11.4 Å². The van der Waals surface area contributed by atoms with Crippen LogP contribution in [0.25, 0.3) is 0 Å². The zero-order chi connectivity index (χ0) is 20.3. The average Bonchev–Trinajstić information content (AvgIpc) is 2.68. The molecule has 2 aromatic rings. The van der Waals surface area contributed by atoms with Gasteiger partial charge < -0.3 is 15.3 Å². The molecule has 3 heterocycles. The Balaban J connectivity index is 1.60. The lowest BCUT2D eigenvalue weighted by Crippen LogP contribution is -2.57. The summed E-state index contributed by atoms with van der Waals surface area (Å²) >= 11 is 0. The van der Waals surface area contributed by atoms with E-state index >= 15 is 0 Å². The molecule has 1 atom stereocenters. The van der Waals surface area contributed by atoms with Gasteiger partial charge in [-0.05, 0) is 57.9 Å². The highest BCUT2D eigenvalue weighted by molar-refractivity contribution is 5.93. The number of piperidine rings is 1. The molecule has 3 rings (SSSR count). The van der Waals surface area contributed by atoms with Crippen LogP contribution < -0.4 is 5.32 Å². The third kappa shape index (κ3) is 4.36. The number of nitrogens with one attached hydrogen (secondary N) is 1. The first-order valence-corrected chi connectivity index (χ1v) is 9.48. The van der Waals surface area contributed by atoms with Crippen molar-refractivity contribution in [1.82, 2.24) is 20.2 Å². The second-order valence-corrected chi connectivity index (χ2v) is 7.42. The van der Waals surface area contributed by atoms with Crippen molar-refractivity contribution < 1.29 is 14.7 Å². The number of carbonyl (C=O) groups is 2. The molecule has 0 spiro atoms. The lowest BCUT2D eigenvalue weighted by Gasteiger charge is -2.41. The summed E-state index contributed by atoms with van der Waals surface area (Å²) in [7, 11) is 0. The molecule has 2 amide bonds. The topological polar surface area (TPSA) is 95.4 Å². The number of nitrogens with zero attached hydrogens (tertiary/aromatic N) is 3. The maximum atomic E-state index is 12.6.